The van der Waals surface area contributed by atoms with E-state index in [0.29, 0.717) is 25.7 Å². The van der Waals surface area contributed by atoms with E-state index in [4.69, 9.17) is 4.74 Å². The molecule has 0 atom stereocenters. The Kier molecular flexibility index (Phi) is 8.36. The van der Waals surface area contributed by atoms with Gasteiger partial charge in [-0.3, -0.25) is 23.8 Å². The summed E-state index contributed by atoms with van der Waals surface area (Å²) in [4.78, 5) is 35.4. The predicted molar refractivity (Wildman–Crippen MR) is 144 cm³/mol. The number of carbonyl (C=O) groups excluding carboxylic acids is 1. The number of rotatable bonds is 9. The standard InChI is InChI=1S/C29H39N5O3/c1-2-37-21-5-16-33-26-6-3-4-7-27(26)34(29(33)36)25-12-19-32(20-13-25)28(35)24-10-17-31(18-11-24)22-23-8-14-30-15-9-23/h3-4,6-9,14-15,24-25H,2,5,10-13,16-22H2,1H3. The Hall–Kier alpha value is -2.97. The molecule has 0 unspecified atom stereocenters. The van der Waals surface area contributed by atoms with Crippen LogP contribution >= 0.6 is 0 Å². The number of aromatic nitrogens is 3. The number of nitrogens with zero attached hydrogens (tertiary/aromatic N) is 5. The molecule has 8 nitrogen and oxygen atoms in total. The van der Waals surface area contributed by atoms with E-state index in [1.807, 2.05) is 57.6 Å². The van der Waals surface area contributed by atoms with Gasteiger partial charge >= 0.3 is 5.69 Å². The van der Waals surface area contributed by atoms with E-state index in [1.54, 1.807) is 0 Å². The van der Waals surface area contributed by atoms with Crippen LogP contribution < -0.4 is 5.69 Å². The number of aryl methyl sites for hydroxylation is 1. The predicted octanol–water partition coefficient (Wildman–Crippen LogP) is 3.70. The van der Waals surface area contributed by atoms with E-state index in [9.17, 15) is 9.59 Å². The van der Waals surface area contributed by atoms with Crippen LogP contribution in [0.3, 0.4) is 0 Å². The van der Waals surface area contributed by atoms with Crippen molar-refractivity contribution >= 4 is 16.9 Å². The Balaban J connectivity index is 1.18. The van der Waals surface area contributed by atoms with Crippen molar-refractivity contribution in [1.29, 1.82) is 0 Å². The van der Waals surface area contributed by atoms with Crippen LogP contribution in [-0.2, 0) is 22.6 Å². The van der Waals surface area contributed by atoms with Crippen LogP contribution in [0.4, 0.5) is 0 Å². The van der Waals surface area contributed by atoms with Gasteiger partial charge in [-0.25, -0.2) is 4.79 Å². The quantitative estimate of drug-likeness (QED) is 0.415. The van der Waals surface area contributed by atoms with Gasteiger partial charge < -0.3 is 9.64 Å². The first-order valence-electron chi connectivity index (χ1n) is 13.8. The van der Waals surface area contributed by atoms with Gasteiger partial charge in [-0.2, -0.15) is 0 Å². The lowest BCUT2D eigenvalue weighted by atomic mass is 9.93. The van der Waals surface area contributed by atoms with E-state index in [0.717, 1.165) is 75.9 Å². The molecule has 2 saturated heterocycles. The van der Waals surface area contributed by atoms with Crippen LogP contribution in [0, 0.1) is 5.92 Å². The number of piperidine rings is 2. The van der Waals surface area contributed by atoms with E-state index in [-0.39, 0.29) is 17.6 Å². The molecule has 1 amide bonds. The minimum Gasteiger partial charge on any atom is -0.382 e. The minimum atomic E-state index is 0.0593. The molecule has 0 bridgehead atoms. The fourth-order valence-electron chi connectivity index (χ4n) is 5.96. The topological polar surface area (TPSA) is 72.6 Å². The van der Waals surface area contributed by atoms with Gasteiger partial charge in [-0.15, -0.1) is 0 Å². The van der Waals surface area contributed by atoms with E-state index < -0.39 is 0 Å². The van der Waals surface area contributed by atoms with Gasteiger partial charge in [0.15, 0.2) is 0 Å². The molecular formula is C29H39N5O3. The molecule has 0 spiro atoms. The molecule has 37 heavy (non-hydrogen) atoms. The molecule has 4 heterocycles. The second kappa shape index (κ2) is 12.0. The van der Waals surface area contributed by atoms with Crippen LogP contribution in [0.1, 0.15) is 50.6 Å². The first-order valence-corrected chi connectivity index (χ1v) is 13.8. The summed E-state index contributed by atoms with van der Waals surface area (Å²) in [5.41, 5.74) is 3.31. The maximum Gasteiger partial charge on any atom is 0.329 e. The van der Waals surface area contributed by atoms with Crippen molar-refractivity contribution in [2.24, 2.45) is 5.92 Å². The molecule has 2 aliphatic rings. The number of likely N-dealkylation sites (tertiary alicyclic amines) is 2. The third kappa shape index (κ3) is 5.80. The summed E-state index contributed by atoms with van der Waals surface area (Å²) in [6.07, 6.45) is 7.96. The second-order valence-corrected chi connectivity index (χ2v) is 10.3. The number of benzene rings is 1. The maximum atomic E-state index is 13.5. The SMILES string of the molecule is CCOCCCn1c(=O)n(C2CCN(C(=O)C3CCN(Cc4ccncc4)CC3)CC2)c2ccccc21. The Bertz CT molecular complexity index is 1220. The number of hydrogen-bond donors (Lipinski definition) is 0. The smallest absolute Gasteiger partial charge is 0.329 e. The molecule has 0 N–H and O–H groups in total. The number of imidazole rings is 1. The van der Waals surface area contributed by atoms with Gasteiger partial charge in [0.2, 0.25) is 5.91 Å². The molecule has 2 aliphatic heterocycles. The summed E-state index contributed by atoms with van der Waals surface area (Å²) >= 11 is 0. The highest BCUT2D eigenvalue weighted by atomic mass is 16.5. The van der Waals surface area contributed by atoms with Gasteiger partial charge in [-0.1, -0.05) is 12.1 Å². The summed E-state index contributed by atoms with van der Waals surface area (Å²) in [5, 5.41) is 0. The summed E-state index contributed by atoms with van der Waals surface area (Å²) in [7, 11) is 0. The Morgan fingerprint density at radius 3 is 2.38 bits per heavy atom. The van der Waals surface area contributed by atoms with E-state index in [2.05, 4.69) is 22.0 Å². The number of fused-ring (bicyclic) bond motifs is 1. The normalized spacial score (nSPS) is 18.0. The first kappa shape index (κ1) is 25.7. The molecule has 8 heteroatoms. The molecule has 2 fully saturated rings. The lowest BCUT2D eigenvalue weighted by molar-refractivity contribution is -0.138. The number of ether oxygens (including phenoxy) is 1. The Labute approximate surface area is 218 Å². The number of para-hydroxylation sites is 2. The highest BCUT2D eigenvalue weighted by molar-refractivity contribution is 5.79. The van der Waals surface area contributed by atoms with Gasteiger partial charge in [0.25, 0.3) is 0 Å². The molecular weight excluding hydrogens is 466 g/mol. The van der Waals surface area contributed by atoms with Crippen LogP contribution in [-0.4, -0.2) is 69.2 Å². The van der Waals surface area contributed by atoms with Crippen molar-refractivity contribution in [3.8, 4) is 0 Å². The van der Waals surface area contributed by atoms with Crippen molar-refractivity contribution in [1.82, 2.24) is 23.9 Å². The van der Waals surface area contributed by atoms with Crippen molar-refractivity contribution < 1.29 is 9.53 Å². The molecule has 0 aliphatic carbocycles. The Morgan fingerprint density at radius 2 is 1.68 bits per heavy atom. The monoisotopic (exact) mass is 505 g/mol. The highest BCUT2D eigenvalue weighted by Crippen LogP contribution is 2.28. The van der Waals surface area contributed by atoms with E-state index in [1.165, 1.54) is 5.56 Å². The van der Waals surface area contributed by atoms with E-state index >= 15 is 0 Å². The van der Waals surface area contributed by atoms with Gasteiger partial charge in [0.05, 0.1) is 11.0 Å². The lowest BCUT2D eigenvalue weighted by Crippen LogP contribution is -2.46. The average molecular weight is 506 g/mol. The van der Waals surface area contributed by atoms with Crippen LogP contribution in [0.5, 0.6) is 0 Å². The molecule has 2 aromatic heterocycles. The zero-order valence-electron chi connectivity index (χ0n) is 21.9. The fourth-order valence-corrected chi connectivity index (χ4v) is 5.96. The third-order valence-electron chi connectivity index (χ3n) is 7.98. The number of pyridine rings is 1. The van der Waals surface area contributed by atoms with Crippen molar-refractivity contribution in [2.75, 3.05) is 39.4 Å². The summed E-state index contributed by atoms with van der Waals surface area (Å²) < 4.78 is 9.36. The molecule has 1 aromatic carbocycles. The van der Waals surface area contributed by atoms with Crippen molar-refractivity contribution in [3.63, 3.8) is 0 Å². The second-order valence-electron chi connectivity index (χ2n) is 10.3. The summed E-state index contributed by atoms with van der Waals surface area (Å²) in [6.45, 7) is 8.26. The average Bonchev–Trinajstić information content (AvgIpc) is 3.22. The number of carbonyl (C=O) groups is 1. The minimum absolute atomic E-state index is 0.0593. The van der Waals surface area contributed by atoms with Crippen LogP contribution in [0.2, 0.25) is 0 Å². The summed E-state index contributed by atoms with van der Waals surface area (Å²) in [5.74, 6) is 0.410. The third-order valence-corrected chi connectivity index (χ3v) is 7.98. The first-order chi connectivity index (χ1) is 18.2. The maximum absolute atomic E-state index is 13.5. The summed E-state index contributed by atoms with van der Waals surface area (Å²) in [6, 6.07) is 12.3. The molecule has 3 aromatic rings. The number of amides is 1. The zero-order valence-corrected chi connectivity index (χ0v) is 21.9. The van der Waals surface area contributed by atoms with Crippen molar-refractivity contribution in [2.45, 2.75) is 58.2 Å². The molecule has 5 rings (SSSR count). The van der Waals surface area contributed by atoms with Crippen LogP contribution in [0.15, 0.2) is 53.6 Å². The molecule has 0 radical (unpaired) electrons. The zero-order chi connectivity index (χ0) is 25.6. The largest absolute Gasteiger partial charge is 0.382 e. The van der Waals surface area contributed by atoms with Crippen molar-refractivity contribution in [3.05, 3.63) is 64.8 Å². The highest BCUT2D eigenvalue weighted by Gasteiger charge is 2.32. The van der Waals surface area contributed by atoms with Crippen LogP contribution in [0.25, 0.3) is 11.0 Å². The number of hydrogen-bond acceptors (Lipinski definition) is 5. The van der Waals surface area contributed by atoms with Gasteiger partial charge in [0, 0.05) is 63.7 Å². The Morgan fingerprint density at radius 1 is 0.973 bits per heavy atom. The van der Waals surface area contributed by atoms with Gasteiger partial charge in [-0.05, 0) is 81.9 Å². The fraction of sp³-hybridized carbons (Fsp3) is 0.552. The lowest BCUT2D eigenvalue weighted by Gasteiger charge is -2.37. The molecule has 198 valence electrons. The molecule has 0 saturated carbocycles. The van der Waals surface area contributed by atoms with Gasteiger partial charge in [0.1, 0.15) is 0 Å².